The molecule has 0 aromatic carbocycles. The Morgan fingerprint density at radius 2 is 2.30 bits per heavy atom. The lowest BCUT2D eigenvalue weighted by Crippen LogP contribution is -1.81. The normalized spacial score (nSPS) is 8.80. The second-order valence-electron chi connectivity index (χ2n) is 1.62. The van der Waals surface area contributed by atoms with Crippen molar-refractivity contribution in [3.63, 3.8) is 0 Å². The molecule has 1 aromatic heterocycles. The van der Waals surface area contributed by atoms with Crippen LogP contribution in [0, 0.1) is 11.3 Å². The van der Waals surface area contributed by atoms with E-state index < -0.39 is 0 Å². The number of pyridine rings is 1. The van der Waals surface area contributed by atoms with Gasteiger partial charge in [-0.05, 0) is 28.1 Å². The molecule has 0 bridgehead atoms. The van der Waals surface area contributed by atoms with Gasteiger partial charge in [0.2, 0.25) is 0 Å². The highest BCUT2D eigenvalue weighted by Crippen LogP contribution is 2.19. The summed E-state index contributed by atoms with van der Waals surface area (Å²) in [5.41, 5.74) is 0.282. The summed E-state index contributed by atoms with van der Waals surface area (Å²) in [6, 6.07) is 4.70. The van der Waals surface area contributed by atoms with Crippen molar-refractivity contribution in [2.24, 2.45) is 0 Å². The Kier molecular flexibility index (Phi) is 1.88. The van der Waals surface area contributed by atoms with Gasteiger partial charge < -0.3 is 5.11 Å². The Morgan fingerprint density at radius 3 is 2.80 bits per heavy atom. The maximum Gasteiger partial charge on any atom is 0.149 e. The molecule has 50 valence electrons. The molecule has 1 heterocycles. The summed E-state index contributed by atoms with van der Waals surface area (Å²) in [4.78, 5) is 3.70. The van der Waals surface area contributed by atoms with Crippen LogP contribution in [0.5, 0.6) is 5.75 Å². The Labute approximate surface area is 66.1 Å². The molecule has 1 aromatic rings. The lowest BCUT2D eigenvalue weighted by molar-refractivity contribution is 0.468. The first-order valence-electron chi connectivity index (χ1n) is 2.49. The molecule has 4 heteroatoms. The Bertz CT molecular complexity index is 292. The van der Waals surface area contributed by atoms with Crippen molar-refractivity contribution in [1.29, 1.82) is 5.26 Å². The molecule has 1 rings (SSSR count). The first-order chi connectivity index (χ1) is 4.74. The molecule has 1 N–H and O–H groups in total. The molecule has 0 aliphatic heterocycles. The third-order valence-electron chi connectivity index (χ3n) is 0.944. The molecule has 0 saturated heterocycles. The molecule has 0 radical (unpaired) electrons. The van der Waals surface area contributed by atoms with E-state index in [1.807, 2.05) is 6.07 Å². The van der Waals surface area contributed by atoms with Gasteiger partial charge in [-0.2, -0.15) is 5.26 Å². The first-order valence-corrected chi connectivity index (χ1v) is 3.29. The molecule has 0 aliphatic rings. The summed E-state index contributed by atoms with van der Waals surface area (Å²) >= 11 is 2.97. The maximum atomic E-state index is 8.92. The van der Waals surface area contributed by atoms with Crippen molar-refractivity contribution in [3.05, 3.63) is 22.4 Å². The van der Waals surface area contributed by atoms with E-state index in [9.17, 15) is 0 Å². The van der Waals surface area contributed by atoms with Gasteiger partial charge >= 0.3 is 0 Å². The van der Waals surface area contributed by atoms with Crippen molar-refractivity contribution in [3.8, 4) is 11.8 Å². The van der Waals surface area contributed by atoms with E-state index in [1.54, 1.807) is 0 Å². The van der Waals surface area contributed by atoms with Crippen LogP contribution in [-0.2, 0) is 0 Å². The fourth-order valence-electron chi connectivity index (χ4n) is 0.489. The summed E-state index contributed by atoms with van der Waals surface area (Å²) < 4.78 is 0.298. The SMILES string of the molecule is N#Cc1ccc(O)c(Br)n1. The molecule has 0 unspecified atom stereocenters. The van der Waals surface area contributed by atoms with Gasteiger partial charge in [0.25, 0.3) is 0 Å². The summed E-state index contributed by atoms with van der Waals surface area (Å²) in [7, 11) is 0. The number of nitriles is 1. The molecule has 10 heavy (non-hydrogen) atoms. The Balaban J connectivity index is 3.20. The van der Waals surface area contributed by atoms with Gasteiger partial charge in [-0.3, -0.25) is 0 Å². The predicted molar refractivity (Wildman–Crippen MR) is 38.3 cm³/mol. The molecule has 3 nitrogen and oxygen atoms in total. The van der Waals surface area contributed by atoms with Gasteiger partial charge in [0.15, 0.2) is 0 Å². The molecular formula is C6H3BrN2O. The molecule has 0 aliphatic carbocycles. The van der Waals surface area contributed by atoms with Crippen LogP contribution in [0.15, 0.2) is 16.7 Å². The Hall–Kier alpha value is -1.08. The zero-order chi connectivity index (χ0) is 7.56. The molecular weight excluding hydrogens is 196 g/mol. The van der Waals surface area contributed by atoms with E-state index in [-0.39, 0.29) is 11.4 Å². The van der Waals surface area contributed by atoms with Crippen molar-refractivity contribution in [1.82, 2.24) is 4.98 Å². The number of hydrogen-bond acceptors (Lipinski definition) is 3. The third kappa shape index (κ3) is 1.25. The predicted octanol–water partition coefficient (Wildman–Crippen LogP) is 1.42. The van der Waals surface area contributed by atoms with Crippen molar-refractivity contribution >= 4 is 15.9 Å². The van der Waals surface area contributed by atoms with Crippen LogP contribution in [0.4, 0.5) is 0 Å². The highest BCUT2D eigenvalue weighted by molar-refractivity contribution is 9.10. The quantitative estimate of drug-likeness (QED) is 0.642. The van der Waals surface area contributed by atoms with Gasteiger partial charge in [0.1, 0.15) is 22.1 Å². The van der Waals surface area contributed by atoms with E-state index in [0.717, 1.165) is 0 Å². The van der Waals surface area contributed by atoms with Gasteiger partial charge in [-0.15, -0.1) is 0 Å². The van der Waals surface area contributed by atoms with Crippen LogP contribution >= 0.6 is 15.9 Å². The summed E-state index contributed by atoms with van der Waals surface area (Å²) in [6.07, 6.45) is 0. The van der Waals surface area contributed by atoms with Crippen molar-refractivity contribution in [2.45, 2.75) is 0 Å². The summed E-state index contributed by atoms with van der Waals surface area (Å²) in [5, 5.41) is 17.3. The van der Waals surface area contributed by atoms with E-state index in [2.05, 4.69) is 20.9 Å². The minimum atomic E-state index is 0.0407. The lowest BCUT2D eigenvalue weighted by Gasteiger charge is -1.93. The van der Waals surface area contributed by atoms with Crippen LogP contribution in [-0.4, -0.2) is 10.1 Å². The third-order valence-corrected chi connectivity index (χ3v) is 1.53. The highest BCUT2D eigenvalue weighted by atomic mass is 79.9. The monoisotopic (exact) mass is 198 g/mol. The van der Waals surface area contributed by atoms with Crippen LogP contribution in [0.3, 0.4) is 0 Å². The van der Waals surface area contributed by atoms with Gasteiger partial charge in [0.05, 0.1) is 0 Å². The topological polar surface area (TPSA) is 56.9 Å². The van der Waals surface area contributed by atoms with Crippen LogP contribution < -0.4 is 0 Å². The van der Waals surface area contributed by atoms with Crippen molar-refractivity contribution < 1.29 is 5.11 Å². The average molecular weight is 199 g/mol. The number of aromatic nitrogens is 1. The average Bonchev–Trinajstić information content (AvgIpc) is 1.95. The zero-order valence-corrected chi connectivity index (χ0v) is 6.46. The first kappa shape index (κ1) is 7.03. The summed E-state index contributed by atoms with van der Waals surface area (Å²) in [5.74, 6) is 0.0407. The molecule has 0 amide bonds. The molecule has 0 spiro atoms. The maximum absolute atomic E-state index is 8.92. The number of halogens is 1. The number of nitrogens with zero attached hydrogens (tertiary/aromatic N) is 2. The van der Waals surface area contributed by atoms with Crippen molar-refractivity contribution in [2.75, 3.05) is 0 Å². The van der Waals surface area contributed by atoms with E-state index >= 15 is 0 Å². The highest BCUT2D eigenvalue weighted by Gasteiger charge is 1.98. The largest absolute Gasteiger partial charge is 0.505 e. The fourth-order valence-corrected chi connectivity index (χ4v) is 0.812. The fraction of sp³-hybridized carbons (Fsp3) is 0. The van der Waals surface area contributed by atoms with Gasteiger partial charge in [-0.1, -0.05) is 0 Å². The van der Waals surface area contributed by atoms with Crippen LogP contribution in [0.2, 0.25) is 0 Å². The molecule has 0 atom stereocenters. The van der Waals surface area contributed by atoms with Crippen LogP contribution in [0.1, 0.15) is 5.69 Å². The Morgan fingerprint density at radius 1 is 1.60 bits per heavy atom. The minimum Gasteiger partial charge on any atom is -0.505 e. The number of rotatable bonds is 0. The van der Waals surface area contributed by atoms with Gasteiger partial charge in [-0.25, -0.2) is 4.98 Å². The lowest BCUT2D eigenvalue weighted by atomic mass is 10.4. The number of aromatic hydroxyl groups is 1. The minimum absolute atomic E-state index is 0.0407. The van der Waals surface area contributed by atoms with Gasteiger partial charge in [0, 0.05) is 0 Å². The second kappa shape index (κ2) is 2.67. The number of hydrogen-bond donors (Lipinski definition) is 1. The molecule has 0 saturated carbocycles. The standard InChI is InChI=1S/C6H3BrN2O/c7-6-5(10)2-1-4(3-8)9-6/h1-2,10H. The van der Waals surface area contributed by atoms with E-state index in [1.165, 1.54) is 12.1 Å². The zero-order valence-electron chi connectivity index (χ0n) is 4.87. The van der Waals surface area contributed by atoms with E-state index in [0.29, 0.717) is 4.60 Å². The second-order valence-corrected chi connectivity index (χ2v) is 2.37. The summed E-state index contributed by atoms with van der Waals surface area (Å²) in [6.45, 7) is 0. The van der Waals surface area contributed by atoms with Crippen LogP contribution in [0.25, 0.3) is 0 Å². The smallest absolute Gasteiger partial charge is 0.149 e. The molecule has 0 fully saturated rings. The van der Waals surface area contributed by atoms with E-state index in [4.69, 9.17) is 10.4 Å².